The van der Waals surface area contributed by atoms with Gasteiger partial charge < -0.3 is 19.4 Å². The van der Waals surface area contributed by atoms with E-state index in [2.05, 4.69) is 22.4 Å². The number of carbonyl (C=O) groups is 1. The van der Waals surface area contributed by atoms with Crippen molar-refractivity contribution in [3.8, 4) is 22.9 Å². The zero-order valence-corrected chi connectivity index (χ0v) is 18.5. The van der Waals surface area contributed by atoms with Gasteiger partial charge in [-0.3, -0.25) is 4.79 Å². The summed E-state index contributed by atoms with van der Waals surface area (Å²) in [6, 6.07) is 13.5. The largest absolute Gasteiger partial charge is 0.493 e. The Morgan fingerprint density at radius 1 is 1.07 bits per heavy atom. The fraction of sp³-hybridized carbons (Fsp3) is 0.318. The van der Waals surface area contributed by atoms with Gasteiger partial charge in [0.2, 0.25) is 5.91 Å². The van der Waals surface area contributed by atoms with E-state index >= 15 is 0 Å². The number of ether oxygens (including phenoxy) is 2. The van der Waals surface area contributed by atoms with Gasteiger partial charge in [0.15, 0.2) is 22.5 Å². The van der Waals surface area contributed by atoms with Gasteiger partial charge in [-0.15, -0.1) is 10.2 Å². The maximum absolute atomic E-state index is 12.5. The van der Waals surface area contributed by atoms with E-state index in [-0.39, 0.29) is 11.7 Å². The van der Waals surface area contributed by atoms with Crippen LogP contribution in [0.25, 0.3) is 11.4 Å². The summed E-state index contributed by atoms with van der Waals surface area (Å²) in [5.74, 6) is 2.19. The normalized spacial score (nSPS) is 10.7. The summed E-state index contributed by atoms with van der Waals surface area (Å²) in [5, 5.41) is 12.3. The van der Waals surface area contributed by atoms with E-state index in [4.69, 9.17) is 9.47 Å². The number of aryl methyl sites for hydroxylation is 1. The highest BCUT2D eigenvalue weighted by Crippen LogP contribution is 2.32. The molecule has 0 aliphatic carbocycles. The lowest BCUT2D eigenvalue weighted by Crippen LogP contribution is -2.15. The smallest absolute Gasteiger partial charge is 0.234 e. The molecule has 1 N–H and O–H groups in total. The second-order valence-corrected chi connectivity index (χ2v) is 7.41. The van der Waals surface area contributed by atoms with Crippen LogP contribution in [-0.2, 0) is 17.8 Å². The molecule has 1 heterocycles. The van der Waals surface area contributed by atoms with E-state index in [1.807, 2.05) is 54.0 Å². The second kappa shape index (κ2) is 10.2. The van der Waals surface area contributed by atoms with Gasteiger partial charge >= 0.3 is 0 Å². The number of hydrogen-bond acceptors (Lipinski definition) is 6. The molecule has 3 aromatic rings. The quantitative estimate of drug-likeness (QED) is 0.515. The Balaban J connectivity index is 1.74. The van der Waals surface area contributed by atoms with E-state index in [1.165, 1.54) is 11.8 Å². The Kier molecular flexibility index (Phi) is 7.35. The second-order valence-electron chi connectivity index (χ2n) is 6.47. The molecule has 0 aliphatic heterocycles. The van der Waals surface area contributed by atoms with Crippen LogP contribution in [0.4, 0.5) is 5.69 Å². The number of thioether (sulfide) groups is 1. The maximum Gasteiger partial charge on any atom is 0.234 e. The molecule has 1 amide bonds. The summed E-state index contributed by atoms with van der Waals surface area (Å²) in [5.41, 5.74) is 2.84. The Morgan fingerprint density at radius 3 is 2.53 bits per heavy atom. The van der Waals surface area contributed by atoms with Crippen LogP contribution < -0.4 is 14.8 Å². The number of hydrogen-bond donors (Lipinski definition) is 1. The van der Waals surface area contributed by atoms with Crippen molar-refractivity contribution in [2.45, 2.75) is 32.0 Å². The molecule has 3 rings (SSSR count). The number of benzene rings is 2. The third kappa shape index (κ3) is 4.76. The molecule has 2 aromatic carbocycles. The van der Waals surface area contributed by atoms with Crippen LogP contribution >= 0.6 is 11.8 Å². The third-order valence-corrected chi connectivity index (χ3v) is 5.65. The number of nitrogens with zero attached hydrogens (tertiary/aromatic N) is 3. The van der Waals surface area contributed by atoms with E-state index in [1.54, 1.807) is 14.2 Å². The first-order chi connectivity index (χ1) is 14.6. The fourth-order valence-electron chi connectivity index (χ4n) is 3.14. The van der Waals surface area contributed by atoms with Gasteiger partial charge in [-0.05, 0) is 43.2 Å². The minimum Gasteiger partial charge on any atom is -0.493 e. The lowest BCUT2D eigenvalue weighted by Gasteiger charge is -2.11. The van der Waals surface area contributed by atoms with Gasteiger partial charge in [-0.25, -0.2) is 0 Å². The first-order valence-electron chi connectivity index (χ1n) is 9.77. The standard InChI is InChI=1S/C22H26N4O3S/c1-5-15-9-7-8-10-17(15)23-20(27)14-30-22-25-24-21(26(22)6-2)16-11-12-18(28-3)19(13-16)29-4/h7-13H,5-6,14H2,1-4H3,(H,23,27). The molecular weight excluding hydrogens is 400 g/mol. The first kappa shape index (κ1) is 21.7. The summed E-state index contributed by atoms with van der Waals surface area (Å²) < 4.78 is 12.7. The Morgan fingerprint density at radius 2 is 1.83 bits per heavy atom. The molecule has 0 unspecified atom stereocenters. The predicted molar refractivity (Wildman–Crippen MR) is 119 cm³/mol. The number of nitrogens with one attached hydrogen (secondary N) is 1. The molecule has 30 heavy (non-hydrogen) atoms. The summed E-state index contributed by atoms with van der Waals surface area (Å²) >= 11 is 1.37. The highest BCUT2D eigenvalue weighted by molar-refractivity contribution is 7.99. The van der Waals surface area contributed by atoms with Crippen LogP contribution in [-0.4, -0.2) is 40.6 Å². The van der Waals surface area contributed by atoms with Crippen LogP contribution in [0.5, 0.6) is 11.5 Å². The molecule has 0 atom stereocenters. The number of amides is 1. The summed E-state index contributed by atoms with van der Waals surface area (Å²) in [4.78, 5) is 12.5. The van der Waals surface area contributed by atoms with E-state index in [0.29, 0.717) is 23.2 Å². The molecule has 7 nitrogen and oxygen atoms in total. The molecule has 0 bridgehead atoms. The van der Waals surface area contributed by atoms with Crippen molar-refractivity contribution in [1.29, 1.82) is 0 Å². The number of anilines is 1. The number of carbonyl (C=O) groups excluding carboxylic acids is 1. The number of methoxy groups -OCH3 is 2. The topological polar surface area (TPSA) is 78.3 Å². The molecule has 0 saturated heterocycles. The molecular formula is C22H26N4O3S. The van der Waals surface area contributed by atoms with Crippen LogP contribution in [0.1, 0.15) is 19.4 Å². The summed E-state index contributed by atoms with van der Waals surface area (Å²) in [7, 11) is 3.20. The van der Waals surface area contributed by atoms with Crippen molar-refractivity contribution in [2.75, 3.05) is 25.3 Å². The molecule has 0 fully saturated rings. The van der Waals surface area contributed by atoms with Gasteiger partial charge in [-0.1, -0.05) is 36.9 Å². The van der Waals surface area contributed by atoms with Gasteiger partial charge in [0.25, 0.3) is 0 Å². The zero-order valence-electron chi connectivity index (χ0n) is 17.6. The van der Waals surface area contributed by atoms with Crippen molar-refractivity contribution < 1.29 is 14.3 Å². The first-order valence-corrected chi connectivity index (χ1v) is 10.8. The van der Waals surface area contributed by atoms with Crippen molar-refractivity contribution in [1.82, 2.24) is 14.8 Å². The number of aromatic nitrogens is 3. The number of para-hydroxylation sites is 1. The highest BCUT2D eigenvalue weighted by atomic mass is 32.2. The van der Waals surface area contributed by atoms with Gasteiger partial charge in [0.05, 0.1) is 20.0 Å². The van der Waals surface area contributed by atoms with Crippen LogP contribution in [0.2, 0.25) is 0 Å². The molecule has 0 spiro atoms. The molecule has 0 radical (unpaired) electrons. The average molecular weight is 427 g/mol. The average Bonchev–Trinajstić information content (AvgIpc) is 3.20. The van der Waals surface area contributed by atoms with E-state index in [9.17, 15) is 4.79 Å². The maximum atomic E-state index is 12.5. The predicted octanol–water partition coefficient (Wildman–Crippen LogP) is 4.28. The minimum absolute atomic E-state index is 0.0702. The molecule has 0 saturated carbocycles. The summed E-state index contributed by atoms with van der Waals surface area (Å²) in [6.45, 7) is 4.77. The van der Waals surface area contributed by atoms with Crippen molar-refractivity contribution in [3.63, 3.8) is 0 Å². The molecule has 1 aromatic heterocycles. The minimum atomic E-state index is -0.0702. The molecule has 8 heteroatoms. The third-order valence-electron chi connectivity index (χ3n) is 4.68. The highest BCUT2D eigenvalue weighted by Gasteiger charge is 2.16. The van der Waals surface area contributed by atoms with Crippen LogP contribution in [0.3, 0.4) is 0 Å². The molecule has 0 aliphatic rings. The fourth-order valence-corrected chi connectivity index (χ4v) is 3.94. The number of rotatable bonds is 9. The van der Waals surface area contributed by atoms with Crippen molar-refractivity contribution in [2.24, 2.45) is 0 Å². The van der Waals surface area contributed by atoms with E-state index in [0.717, 1.165) is 29.1 Å². The lowest BCUT2D eigenvalue weighted by atomic mass is 10.1. The monoisotopic (exact) mass is 426 g/mol. The Hall–Kier alpha value is -3.00. The van der Waals surface area contributed by atoms with E-state index < -0.39 is 0 Å². The summed E-state index contributed by atoms with van der Waals surface area (Å²) in [6.07, 6.45) is 0.864. The van der Waals surface area contributed by atoms with Crippen molar-refractivity contribution >= 4 is 23.4 Å². The lowest BCUT2D eigenvalue weighted by molar-refractivity contribution is -0.113. The zero-order chi connectivity index (χ0) is 21.5. The van der Waals surface area contributed by atoms with Crippen LogP contribution in [0.15, 0.2) is 47.6 Å². The van der Waals surface area contributed by atoms with Crippen LogP contribution in [0, 0.1) is 0 Å². The van der Waals surface area contributed by atoms with Gasteiger partial charge in [0, 0.05) is 17.8 Å². The molecule has 158 valence electrons. The SMILES string of the molecule is CCc1ccccc1NC(=O)CSc1nnc(-c2ccc(OC)c(OC)c2)n1CC. The Labute approximate surface area is 180 Å². The Bertz CT molecular complexity index is 1020. The van der Waals surface area contributed by atoms with Crippen molar-refractivity contribution in [3.05, 3.63) is 48.0 Å². The van der Waals surface area contributed by atoms with Gasteiger partial charge in [-0.2, -0.15) is 0 Å². The van der Waals surface area contributed by atoms with Gasteiger partial charge in [0.1, 0.15) is 0 Å².